The molecule has 2 aromatic rings. The van der Waals surface area contributed by atoms with Gasteiger partial charge in [-0.25, -0.2) is 0 Å². The lowest BCUT2D eigenvalue weighted by atomic mass is 9.95. The lowest BCUT2D eigenvalue weighted by molar-refractivity contribution is -0.123. The van der Waals surface area contributed by atoms with E-state index in [1.165, 1.54) is 0 Å². The predicted octanol–water partition coefficient (Wildman–Crippen LogP) is 4.85. The zero-order valence-electron chi connectivity index (χ0n) is 16.7. The molecule has 1 heterocycles. The van der Waals surface area contributed by atoms with Crippen molar-refractivity contribution in [2.24, 2.45) is 5.41 Å². The maximum atomic E-state index is 12.6. The Kier molecular flexibility index (Phi) is 5.98. The Labute approximate surface area is 170 Å². The summed E-state index contributed by atoms with van der Waals surface area (Å²) in [4.78, 5) is 26.6. The lowest BCUT2D eigenvalue weighted by Gasteiger charge is -2.26. The summed E-state index contributed by atoms with van der Waals surface area (Å²) in [5.41, 5.74) is 2.09. The van der Waals surface area contributed by atoms with Gasteiger partial charge in [-0.05, 0) is 36.8 Å². The summed E-state index contributed by atoms with van der Waals surface area (Å²) in [6, 6.07) is 15.3. The van der Waals surface area contributed by atoms with Crippen LogP contribution in [0.3, 0.4) is 0 Å². The highest BCUT2D eigenvalue weighted by molar-refractivity contribution is 8.00. The van der Waals surface area contributed by atoms with E-state index in [4.69, 9.17) is 4.74 Å². The monoisotopic (exact) mass is 398 g/mol. The highest BCUT2D eigenvalue weighted by Gasteiger charge is 2.35. The molecule has 1 N–H and O–H groups in total. The number of hydrogen-bond acceptors (Lipinski definition) is 4. The van der Waals surface area contributed by atoms with Crippen molar-refractivity contribution in [3.63, 3.8) is 0 Å². The SMILES string of the molecule is CCOc1ccccc1N1C(=O)CS[C@@H]1c1ccc(NC(=O)C(C)(C)C)cc1. The number of thioether (sulfide) groups is 1. The van der Waals surface area contributed by atoms with Crippen LogP contribution in [0, 0.1) is 5.41 Å². The summed E-state index contributed by atoms with van der Waals surface area (Å²) in [5.74, 6) is 1.17. The lowest BCUT2D eigenvalue weighted by Crippen LogP contribution is -2.28. The largest absolute Gasteiger partial charge is 0.492 e. The zero-order chi connectivity index (χ0) is 20.3. The molecule has 28 heavy (non-hydrogen) atoms. The highest BCUT2D eigenvalue weighted by Crippen LogP contribution is 2.44. The van der Waals surface area contributed by atoms with Crippen LogP contribution in [0.25, 0.3) is 0 Å². The topological polar surface area (TPSA) is 58.6 Å². The number of para-hydroxylation sites is 2. The van der Waals surface area contributed by atoms with Crippen LogP contribution < -0.4 is 15.0 Å². The maximum Gasteiger partial charge on any atom is 0.238 e. The molecule has 3 rings (SSSR count). The van der Waals surface area contributed by atoms with E-state index in [9.17, 15) is 9.59 Å². The molecule has 0 spiro atoms. The highest BCUT2D eigenvalue weighted by atomic mass is 32.2. The van der Waals surface area contributed by atoms with E-state index in [1.807, 2.05) is 76.2 Å². The van der Waals surface area contributed by atoms with Crippen LogP contribution in [0.2, 0.25) is 0 Å². The second kappa shape index (κ2) is 8.27. The third kappa shape index (κ3) is 4.33. The van der Waals surface area contributed by atoms with Gasteiger partial charge in [0, 0.05) is 11.1 Å². The first-order valence-corrected chi connectivity index (χ1v) is 10.4. The van der Waals surface area contributed by atoms with Crippen molar-refractivity contribution in [2.75, 3.05) is 22.6 Å². The molecule has 0 bridgehead atoms. The second-order valence-corrected chi connectivity index (χ2v) is 8.72. The molecule has 148 valence electrons. The van der Waals surface area contributed by atoms with Gasteiger partial charge in [-0.3, -0.25) is 14.5 Å². The van der Waals surface area contributed by atoms with Crippen molar-refractivity contribution in [3.05, 3.63) is 54.1 Å². The summed E-state index contributed by atoms with van der Waals surface area (Å²) in [6.45, 7) is 8.11. The molecule has 1 saturated heterocycles. The maximum absolute atomic E-state index is 12.6. The van der Waals surface area contributed by atoms with Gasteiger partial charge in [0.1, 0.15) is 11.1 Å². The van der Waals surface area contributed by atoms with Crippen LogP contribution in [0.5, 0.6) is 5.75 Å². The molecule has 2 amide bonds. The van der Waals surface area contributed by atoms with Crippen molar-refractivity contribution in [1.82, 2.24) is 0 Å². The Hall–Kier alpha value is -2.47. The molecule has 0 aromatic heterocycles. The van der Waals surface area contributed by atoms with Gasteiger partial charge < -0.3 is 10.1 Å². The van der Waals surface area contributed by atoms with Crippen molar-refractivity contribution in [3.8, 4) is 5.75 Å². The van der Waals surface area contributed by atoms with Gasteiger partial charge in [0.05, 0.1) is 18.0 Å². The van der Waals surface area contributed by atoms with E-state index in [0.29, 0.717) is 18.1 Å². The summed E-state index contributed by atoms with van der Waals surface area (Å²) >= 11 is 1.59. The summed E-state index contributed by atoms with van der Waals surface area (Å²) in [5, 5.41) is 2.81. The van der Waals surface area contributed by atoms with Gasteiger partial charge in [0.25, 0.3) is 0 Å². The predicted molar refractivity (Wildman–Crippen MR) is 115 cm³/mol. The number of rotatable bonds is 5. The smallest absolute Gasteiger partial charge is 0.238 e. The number of nitrogens with zero attached hydrogens (tertiary/aromatic N) is 1. The number of amides is 2. The Morgan fingerprint density at radius 1 is 1.18 bits per heavy atom. The molecule has 0 saturated carbocycles. The Balaban J connectivity index is 1.85. The fourth-order valence-corrected chi connectivity index (χ4v) is 4.08. The third-order valence-corrected chi connectivity index (χ3v) is 5.64. The number of anilines is 2. The van der Waals surface area contributed by atoms with E-state index in [0.717, 1.165) is 16.9 Å². The number of carbonyl (C=O) groups excluding carboxylic acids is 2. The molecule has 1 aliphatic rings. The molecule has 1 aliphatic heterocycles. The molecular formula is C22H26N2O3S. The number of nitrogens with one attached hydrogen (secondary N) is 1. The molecule has 1 fully saturated rings. The van der Waals surface area contributed by atoms with Crippen molar-refractivity contribution < 1.29 is 14.3 Å². The van der Waals surface area contributed by atoms with Crippen LogP contribution in [0.1, 0.15) is 38.6 Å². The molecule has 0 radical (unpaired) electrons. The van der Waals surface area contributed by atoms with Crippen molar-refractivity contribution in [2.45, 2.75) is 33.1 Å². The molecule has 5 nitrogen and oxygen atoms in total. The third-order valence-electron chi connectivity index (χ3n) is 4.43. The standard InChI is InChI=1S/C22H26N2O3S/c1-5-27-18-9-7-6-8-17(18)24-19(25)14-28-20(24)15-10-12-16(13-11-15)23-21(26)22(2,3)4/h6-13,20H,5,14H2,1-4H3,(H,23,26)/t20-/m1/s1. The van der Waals surface area contributed by atoms with Gasteiger partial charge in [-0.2, -0.15) is 0 Å². The van der Waals surface area contributed by atoms with E-state index in [2.05, 4.69) is 5.32 Å². The molecule has 0 aliphatic carbocycles. The van der Waals surface area contributed by atoms with Crippen LogP contribution in [-0.4, -0.2) is 24.2 Å². The quantitative estimate of drug-likeness (QED) is 0.782. The second-order valence-electron chi connectivity index (χ2n) is 7.65. The Morgan fingerprint density at radius 2 is 1.86 bits per heavy atom. The minimum absolute atomic E-state index is 0.0297. The average Bonchev–Trinajstić information content (AvgIpc) is 3.04. The molecule has 0 unspecified atom stereocenters. The number of ether oxygens (including phenoxy) is 1. The van der Waals surface area contributed by atoms with Gasteiger partial charge in [-0.15, -0.1) is 11.8 Å². The zero-order valence-corrected chi connectivity index (χ0v) is 17.5. The first kappa shape index (κ1) is 20.3. The molecule has 2 aromatic carbocycles. The normalized spacial score (nSPS) is 16.9. The molecule has 1 atom stereocenters. The minimum Gasteiger partial charge on any atom is -0.492 e. The average molecular weight is 399 g/mol. The van der Waals surface area contributed by atoms with E-state index >= 15 is 0 Å². The van der Waals surface area contributed by atoms with Crippen LogP contribution >= 0.6 is 11.8 Å². The number of hydrogen-bond donors (Lipinski definition) is 1. The van der Waals surface area contributed by atoms with Gasteiger partial charge in [0.15, 0.2) is 0 Å². The first-order valence-electron chi connectivity index (χ1n) is 9.38. The fraction of sp³-hybridized carbons (Fsp3) is 0.364. The Bertz CT molecular complexity index is 859. The van der Waals surface area contributed by atoms with Gasteiger partial charge in [0.2, 0.25) is 11.8 Å². The fourth-order valence-electron chi connectivity index (χ4n) is 2.91. The molecule has 6 heteroatoms. The number of carbonyl (C=O) groups is 2. The summed E-state index contributed by atoms with van der Waals surface area (Å²) in [7, 11) is 0. The van der Waals surface area contributed by atoms with Gasteiger partial charge in [-0.1, -0.05) is 45.0 Å². The van der Waals surface area contributed by atoms with E-state index in [1.54, 1.807) is 16.7 Å². The van der Waals surface area contributed by atoms with E-state index in [-0.39, 0.29) is 17.2 Å². The number of benzene rings is 2. The van der Waals surface area contributed by atoms with Crippen molar-refractivity contribution >= 4 is 35.0 Å². The van der Waals surface area contributed by atoms with Crippen LogP contribution in [-0.2, 0) is 9.59 Å². The van der Waals surface area contributed by atoms with Crippen LogP contribution in [0.4, 0.5) is 11.4 Å². The van der Waals surface area contributed by atoms with Gasteiger partial charge >= 0.3 is 0 Å². The molecular weight excluding hydrogens is 372 g/mol. The van der Waals surface area contributed by atoms with Crippen molar-refractivity contribution in [1.29, 1.82) is 0 Å². The Morgan fingerprint density at radius 3 is 2.50 bits per heavy atom. The summed E-state index contributed by atoms with van der Waals surface area (Å²) < 4.78 is 5.73. The summed E-state index contributed by atoms with van der Waals surface area (Å²) in [6.07, 6.45) is 0. The van der Waals surface area contributed by atoms with Crippen LogP contribution in [0.15, 0.2) is 48.5 Å². The first-order chi connectivity index (χ1) is 13.3. The van der Waals surface area contributed by atoms with E-state index < -0.39 is 5.41 Å². The minimum atomic E-state index is -0.452.